The van der Waals surface area contributed by atoms with Crippen LogP contribution in [0.4, 0.5) is 0 Å². The van der Waals surface area contributed by atoms with Gasteiger partial charge in [-0.15, -0.1) is 0 Å². The zero-order valence-electron chi connectivity index (χ0n) is 6.32. The van der Waals surface area contributed by atoms with Gasteiger partial charge in [0.05, 0.1) is 0 Å². The van der Waals surface area contributed by atoms with Crippen molar-refractivity contribution in [2.24, 2.45) is 5.92 Å². The van der Waals surface area contributed by atoms with Crippen molar-refractivity contribution in [3.63, 3.8) is 0 Å². The molecule has 62 valence electrons. The molecule has 0 aromatic rings. The van der Waals surface area contributed by atoms with Gasteiger partial charge in [0.15, 0.2) is 0 Å². The Hall–Kier alpha value is -0.830. The molecule has 0 aliphatic carbocycles. The summed E-state index contributed by atoms with van der Waals surface area (Å²) in [6.45, 7) is 1.61. The first kappa shape index (κ1) is 8.27. The van der Waals surface area contributed by atoms with Gasteiger partial charge in [-0.2, -0.15) is 0 Å². The number of carboxylic acid groups (broad SMARTS) is 1. The molecule has 0 spiro atoms. The first-order valence-electron chi connectivity index (χ1n) is 3.76. The van der Waals surface area contributed by atoms with Crippen LogP contribution in [-0.2, 0) is 9.53 Å². The van der Waals surface area contributed by atoms with Crippen molar-refractivity contribution in [2.45, 2.75) is 12.8 Å². The van der Waals surface area contributed by atoms with Gasteiger partial charge in [-0.05, 0) is 18.8 Å². The molecule has 1 aliphatic rings. The number of allylic oxidation sites excluding steroid dienone is 1. The van der Waals surface area contributed by atoms with E-state index in [1.54, 1.807) is 6.08 Å². The SMILES string of the molecule is O=C(O)/C=C\CC1CCOC1. The Morgan fingerprint density at radius 2 is 2.55 bits per heavy atom. The average Bonchev–Trinajstić information content (AvgIpc) is 2.39. The van der Waals surface area contributed by atoms with Gasteiger partial charge in [0, 0.05) is 19.3 Å². The molecule has 1 fully saturated rings. The lowest BCUT2D eigenvalue weighted by molar-refractivity contribution is -0.131. The van der Waals surface area contributed by atoms with Crippen LogP contribution in [0.1, 0.15) is 12.8 Å². The number of hydrogen-bond donors (Lipinski definition) is 1. The van der Waals surface area contributed by atoms with Crippen molar-refractivity contribution in [2.75, 3.05) is 13.2 Å². The molecule has 3 heteroatoms. The minimum Gasteiger partial charge on any atom is -0.478 e. The van der Waals surface area contributed by atoms with Gasteiger partial charge in [0.1, 0.15) is 0 Å². The summed E-state index contributed by atoms with van der Waals surface area (Å²) in [5.41, 5.74) is 0. The molecule has 1 atom stereocenters. The van der Waals surface area contributed by atoms with Crippen LogP contribution in [0.5, 0.6) is 0 Å². The zero-order chi connectivity index (χ0) is 8.10. The highest BCUT2D eigenvalue weighted by atomic mass is 16.5. The largest absolute Gasteiger partial charge is 0.478 e. The van der Waals surface area contributed by atoms with E-state index < -0.39 is 5.97 Å². The maximum absolute atomic E-state index is 10.1. The third kappa shape index (κ3) is 3.18. The summed E-state index contributed by atoms with van der Waals surface area (Å²) in [6, 6.07) is 0. The van der Waals surface area contributed by atoms with Crippen LogP contribution in [-0.4, -0.2) is 24.3 Å². The highest BCUT2D eigenvalue weighted by Crippen LogP contribution is 2.16. The van der Waals surface area contributed by atoms with Crippen molar-refractivity contribution in [3.05, 3.63) is 12.2 Å². The smallest absolute Gasteiger partial charge is 0.327 e. The van der Waals surface area contributed by atoms with E-state index in [-0.39, 0.29) is 0 Å². The molecule has 0 radical (unpaired) electrons. The van der Waals surface area contributed by atoms with Crippen molar-refractivity contribution in [3.8, 4) is 0 Å². The molecular weight excluding hydrogens is 144 g/mol. The van der Waals surface area contributed by atoms with E-state index in [1.807, 2.05) is 0 Å². The lowest BCUT2D eigenvalue weighted by Crippen LogP contribution is -1.97. The predicted molar refractivity (Wildman–Crippen MR) is 40.3 cm³/mol. The normalized spacial score (nSPS) is 24.5. The predicted octanol–water partition coefficient (Wildman–Crippen LogP) is 1.05. The molecule has 0 aromatic carbocycles. The summed E-state index contributed by atoms with van der Waals surface area (Å²) in [7, 11) is 0. The molecule has 1 N–H and O–H groups in total. The molecule has 1 aliphatic heterocycles. The maximum Gasteiger partial charge on any atom is 0.327 e. The summed E-state index contributed by atoms with van der Waals surface area (Å²) < 4.78 is 5.13. The minimum absolute atomic E-state index is 0.533. The van der Waals surface area contributed by atoms with E-state index in [2.05, 4.69) is 0 Å². The van der Waals surface area contributed by atoms with Crippen LogP contribution in [0, 0.1) is 5.92 Å². The average molecular weight is 156 g/mol. The van der Waals surface area contributed by atoms with E-state index in [1.165, 1.54) is 6.08 Å². The van der Waals surface area contributed by atoms with Gasteiger partial charge in [-0.3, -0.25) is 0 Å². The molecule has 0 saturated carbocycles. The zero-order valence-corrected chi connectivity index (χ0v) is 6.32. The fraction of sp³-hybridized carbons (Fsp3) is 0.625. The van der Waals surface area contributed by atoms with Gasteiger partial charge >= 0.3 is 5.97 Å². The molecule has 0 bridgehead atoms. The lowest BCUT2D eigenvalue weighted by Gasteiger charge is -1.99. The summed E-state index contributed by atoms with van der Waals surface area (Å²) in [5.74, 6) is -0.338. The number of rotatable bonds is 3. The van der Waals surface area contributed by atoms with E-state index in [9.17, 15) is 4.79 Å². The van der Waals surface area contributed by atoms with Crippen LogP contribution in [0.15, 0.2) is 12.2 Å². The summed E-state index contributed by atoms with van der Waals surface area (Å²) in [6.07, 6.45) is 4.77. The van der Waals surface area contributed by atoms with Crippen LogP contribution >= 0.6 is 0 Å². The standard InChI is InChI=1S/C8H12O3/c9-8(10)3-1-2-7-4-5-11-6-7/h1,3,7H,2,4-6H2,(H,9,10)/b3-1-. The third-order valence-electron chi connectivity index (χ3n) is 1.75. The molecule has 1 heterocycles. The second kappa shape index (κ2) is 4.13. The van der Waals surface area contributed by atoms with E-state index in [0.717, 1.165) is 26.1 Å². The summed E-state index contributed by atoms with van der Waals surface area (Å²) in [4.78, 5) is 10.1. The van der Waals surface area contributed by atoms with Crippen molar-refractivity contribution in [1.29, 1.82) is 0 Å². The molecule has 1 rings (SSSR count). The summed E-state index contributed by atoms with van der Waals surface area (Å²) in [5, 5.41) is 8.27. The highest BCUT2D eigenvalue weighted by molar-refractivity contribution is 5.79. The van der Waals surface area contributed by atoms with Crippen LogP contribution in [0.3, 0.4) is 0 Å². The number of ether oxygens (including phenoxy) is 1. The molecule has 11 heavy (non-hydrogen) atoms. The second-order valence-electron chi connectivity index (χ2n) is 2.71. The van der Waals surface area contributed by atoms with Crippen LogP contribution in [0.25, 0.3) is 0 Å². The number of carboxylic acids is 1. The third-order valence-corrected chi connectivity index (χ3v) is 1.75. The van der Waals surface area contributed by atoms with Crippen molar-refractivity contribution >= 4 is 5.97 Å². The molecule has 1 saturated heterocycles. The number of carbonyl (C=O) groups is 1. The first-order valence-corrected chi connectivity index (χ1v) is 3.76. The fourth-order valence-electron chi connectivity index (χ4n) is 1.13. The lowest BCUT2D eigenvalue weighted by atomic mass is 10.1. The van der Waals surface area contributed by atoms with Crippen molar-refractivity contribution < 1.29 is 14.6 Å². The first-order chi connectivity index (χ1) is 5.29. The Kier molecular flexibility index (Phi) is 3.11. The molecule has 3 nitrogen and oxygen atoms in total. The van der Waals surface area contributed by atoms with Gasteiger partial charge in [-0.25, -0.2) is 4.79 Å². The Morgan fingerprint density at radius 1 is 1.73 bits per heavy atom. The Labute approximate surface area is 65.7 Å². The topological polar surface area (TPSA) is 46.5 Å². The van der Waals surface area contributed by atoms with Gasteiger partial charge in [0.2, 0.25) is 0 Å². The Balaban J connectivity index is 2.15. The van der Waals surface area contributed by atoms with Crippen LogP contribution < -0.4 is 0 Å². The Bertz CT molecular complexity index is 157. The van der Waals surface area contributed by atoms with E-state index in [4.69, 9.17) is 9.84 Å². The van der Waals surface area contributed by atoms with Crippen molar-refractivity contribution in [1.82, 2.24) is 0 Å². The van der Waals surface area contributed by atoms with Gasteiger partial charge in [0.25, 0.3) is 0 Å². The fourth-order valence-corrected chi connectivity index (χ4v) is 1.13. The maximum atomic E-state index is 10.1. The summed E-state index contributed by atoms with van der Waals surface area (Å²) >= 11 is 0. The van der Waals surface area contributed by atoms with E-state index in [0.29, 0.717) is 5.92 Å². The molecule has 0 amide bonds. The minimum atomic E-state index is -0.871. The van der Waals surface area contributed by atoms with Crippen LogP contribution in [0.2, 0.25) is 0 Å². The van der Waals surface area contributed by atoms with Gasteiger partial charge < -0.3 is 9.84 Å². The second-order valence-corrected chi connectivity index (χ2v) is 2.71. The highest BCUT2D eigenvalue weighted by Gasteiger charge is 2.13. The molecular formula is C8H12O3. The Morgan fingerprint density at radius 3 is 3.09 bits per heavy atom. The monoisotopic (exact) mass is 156 g/mol. The molecule has 0 aromatic heterocycles. The quantitative estimate of drug-likeness (QED) is 0.621. The number of aliphatic carboxylic acids is 1. The number of hydrogen-bond acceptors (Lipinski definition) is 2. The van der Waals surface area contributed by atoms with Gasteiger partial charge in [-0.1, -0.05) is 6.08 Å². The van der Waals surface area contributed by atoms with E-state index >= 15 is 0 Å². The molecule has 1 unspecified atom stereocenters.